The summed E-state index contributed by atoms with van der Waals surface area (Å²) in [6, 6.07) is 21.1. The van der Waals surface area contributed by atoms with Gasteiger partial charge in [0.15, 0.2) is 17.8 Å². The molecule has 0 N–H and O–H groups in total. The summed E-state index contributed by atoms with van der Waals surface area (Å²) >= 11 is 0. The summed E-state index contributed by atoms with van der Waals surface area (Å²) in [6.07, 6.45) is 0.702. The van der Waals surface area contributed by atoms with Crippen LogP contribution in [0.2, 0.25) is 0 Å². The number of methoxy groups -OCH3 is 2. The Bertz CT molecular complexity index is 907. The third kappa shape index (κ3) is 4.43. The second-order valence-corrected chi connectivity index (χ2v) is 6.02. The van der Waals surface area contributed by atoms with Gasteiger partial charge in [-0.2, -0.15) is 0 Å². The first-order valence-electron chi connectivity index (χ1n) is 8.84. The number of aldehydes is 1. The molecule has 0 fully saturated rings. The van der Waals surface area contributed by atoms with Crippen molar-refractivity contribution in [2.45, 2.75) is 13.2 Å². The molecule has 0 heterocycles. The summed E-state index contributed by atoms with van der Waals surface area (Å²) in [5.41, 5.74) is 2.26. The lowest BCUT2D eigenvalue weighted by atomic mass is 10.1. The van der Waals surface area contributed by atoms with Crippen molar-refractivity contribution in [3.8, 4) is 23.0 Å². The van der Waals surface area contributed by atoms with Crippen LogP contribution in [0.5, 0.6) is 23.0 Å². The van der Waals surface area contributed by atoms with E-state index in [1.165, 1.54) is 14.2 Å². The molecule has 0 bridgehead atoms. The third-order valence-corrected chi connectivity index (χ3v) is 4.21. The monoisotopic (exact) mass is 378 g/mol. The van der Waals surface area contributed by atoms with Crippen molar-refractivity contribution in [1.29, 1.82) is 0 Å². The molecule has 3 aromatic carbocycles. The molecule has 0 atom stereocenters. The zero-order chi connectivity index (χ0) is 19.8. The summed E-state index contributed by atoms with van der Waals surface area (Å²) in [7, 11) is 3.02. The van der Waals surface area contributed by atoms with Crippen molar-refractivity contribution < 1.29 is 23.7 Å². The Hall–Kier alpha value is -3.47. The molecule has 3 rings (SSSR count). The summed E-state index contributed by atoms with van der Waals surface area (Å²) < 4.78 is 22.7. The van der Waals surface area contributed by atoms with Gasteiger partial charge in [0, 0.05) is 6.07 Å². The fourth-order valence-electron chi connectivity index (χ4n) is 2.80. The van der Waals surface area contributed by atoms with Crippen LogP contribution in [0.15, 0.2) is 66.7 Å². The molecule has 0 saturated carbocycles. The highest BCUT2D eigenvalue weighted by Gasteiger charge is 2.22. The molecule has 0 amide bonds. The number of rotatable bonds is 9. The number of carbonyl (C=O) groups excluding carboxylic acids is 1. The summed E-state index contributed by atoms with van der Waals surface area (Å²) in [4.78, 5) is 11.8. The van der Waals surface area contributed by atoms with Gasteiger partial charge < -0.3 is 18.9 Å². The lowest BCUT2D eigenvalue weighted by Crippen LogP contribution is -2.05. The number of carbonyl (C=O) groups is 1. The van der Waals surface area contributed by atoms with E-state index in [2.05, 4.69) is 0 Å². The van der Waals surface area contributed by atoms with Gasteiger partial charge in [-0.3, -0.25) is 4.79 Å². The maximum absolute atomic E-state index is 11.8. The van der Waals surface area contributed by atoms with Gasteiger partial charge in [-0.1, -0.05) is 60.7 Å². The van der Waals surface area contributed by atoms with Crippen LogP contribution in [0.1, 0.15) is 21.5 Å². The molecule has 0 radical (unpaired) electrons. The molecule has 0 aliphatic heterocycles. The van der Waals surface area contributed by atoms with Crippen LogP contribution < -0.4 is 18.9 Å². The third-order valence-electron chi connectivity index (χ3n) is 4.21. The van der Waals surface area contributed by atoms with E-state index in [1.54, 1.807) is 6.07 Å². The molecule has 0 aliphatic carbocycles. The number of ether oxygens (including phenoxy) is 4. The van der Waals surface area contributed by atoms with Crippen LogP contribution in [-0.2, 0) is 13.2 Å². The molecule has 0 aliphatic rings. The molecular weight excluding hydrogens is 356 g/mol. The van der Waals surface area contributed by atoms with Crippen LogP contribution in [0, 0.1) is 0 Å². The summed E-state index contributed by atoms with van der Waals surface area (Å²) in [6.45, 7) is 0.633. The minimum Gasteiger partial charge on any atom is -0.493 e. The van der Waals surface area contributed by atoms with E-state index in [0.717, 1.165) is 11.1 Å². The molecule has 5 nitrogen and oxygen atoms in total. The van der Waals surface area contributed by atoms with Crippen molar-refractivity contribution in [2.75, 3.05) is 14.2 Å². The van der Waals surface area contributed by atoms with E-state index in [4.69, 9.17) is 18.9 Å². The first-order valence-corrected chi connectivity index (χ1v) is 8.84. The van der Waals surface area contributed by atoms with Gasteiger partial charge >= 0.3 is 0 Å². The average Bonchev–Trinajstić information content (AvgIpc) is 2.76. The van der Waals surface area contributed by atoms with Gasteiger partial charge in [-0.15, -0.1) is 0 Å². The van der Waals surface area contributed by atoms with Gasteiger partial charge in [-0.05, 0) is 11.1 Å². The lowest BCUT2D eigenvalue weighted by molar-refractivity contribution is 0.111. The Morgan fingerprint density at radius 2 is 1.29 bits per heavy atom. The number of hydrogen-bond donors (Lipinski definition) is 0. The van der Waals surface area contributed by atoms with Crippen LogP contribution in [0.25, 0.3) is 0 Å². The van der Waals surface area contributed by atoms with Gasteiger partial charge in [0.25, 0.3) is 0 Å². The van der Waals surface area contributed by atoms with E-state index in [-0.39, 0.29) is 11.3 Å². The van der Waals surface area contributed by atoms with E-state index in [0.29, 0.717) is 36.7 Å². The number of hydrogen-bond acceptors (Lipinski definition) is 5. The zero-order valence-corrected chi connectivity index (χ0v) is 15.9. The molecule has 0 aromatic heterocycles. The molecule has 3 aromatic rings. The van der Waals surface area contributed by atoms with Crippen molar-refractivity contribution in [2.24, 2.45) is 0 Å². The number of benzene rings is 3. The standard InChI is InChI=1S/C23H22O5/c1-25-21-13-20(27-15-17-9-5-3-6-10-17)19(14-24)22(26-2)23(21)28-16-18-11-7-4-8-12-18/h3-14H,15-16H2,1-2H3. The zero-order valence-electron chi connectivity index (χ0n) is 15.9. The predicted molar refractivity (Wildman–Crippen MR) is 106 cm³/mol. The van der Waals surface area contributed by atoms with Crippen LogP contribution in [-0.4, -0.2) is 20.5 Å². The maximum Gasteiger partial charge on any atom is 0.204 e. The normalized spacial score (nSPS) is 10.2. The average molecular weight is 378 g/mol. The predicted octanol–water partition coefficient (Wildman–Crippen LogP) is 4.67. The first-order chi connectivity index (χ1) is 13.8. The quantitative estimate of drug-likeness (QED) is 0.506. The van der Waals surface area contributed by atoms with E-state index < -0.39 is 0 Å². The van der Waals surface area contributed by atoms with E-state index >= 15 is 0 Å². The van der Waals surface area contributed by atoms with E-state index in [9.17, 15) is 4.79 Å². The second-order valence-electron chi connectivity index (χ2n) is 6.02. The summed E-state index contributed by atoms with van der Waals surface area (Å²) in [5, 5.41) is 0. The topological polar surface area (TPSA) is 54.0 Å². The highest BCUT2D eigenvalue weighted by molar-refractivity contribution is 5.87. The molecule has 0 spiro atoms. The van der Waals surface area contributed by atoms with Crippen molar-refractivity contribution in [3.05, 3.63) is 83.4 Å². The van der Waals surface area contributed by atoms with Crippen molar-refractivity contribution in [1.82, 2.24) is 0 Å². The molecule has 28 heavy (non-hydrogen) atoms. The Morgan fingerprint density at radius 1 is 0.714 bits per heavy atom. The van der Waals surface area contributed by atoms with Crippen LogP contribution in [0.3, 0.4) is 0 Å². The smallest absolute Gasteiger partial charge is 0.204 e. The minimum absolute atomic E-state index is 0.280. The van der Waals surface area contributed by atoms with Crippen LogP contribution in [0.4, 0.5) is 0 Å². The fourth-order valence-corrected chi connectivity index (χ4v) is 2.80. The SMILES string of the molecule is COc1cc(OCc2ccccc2)c(C=O)c(OC)c1OCc1ccccc1. The summed E-state index contributed by atoms with van der Waals surface area (Å²) in [5.74, 6) is 1.46. The Balaban J connectivity index is 1.90. The van der Waals surface area contributed by atoms with E-state index in [1.807, 2.05) is 60.7 Å². The molecule has 0 unspecified atom stereocenters. The minimum atomic E-state index is 0.280. The molecule has 144 valence electrons. The molecular formula is C23H22O5. The Morgan fingerprint density at radius 3 is 1.79 bits per heavy atom. The van der Waals surface area contributed by atoms with Crippen molar-refractivity contribution >= 4 is 6.29 Å². The highest BCUT2D eigenvalue weighted by Crippen LogP contribution is 2.45. The Labute approximate surface area is 164 Å². The lowest BCUT2D eigenvalue weighted by Gasteiger charge is -2.19. The largest absolute Gasteiger partial charge is 0.493 e. The molecule has 5 heteroatoms. The van der Waals surface area contributed by atoms with Gasteiger partial charge in [0.1, 0.15) is 24.5 Å². The Kier molecular flexibility index (Phi) is 6.52. The molecule has 0 saturated heterocycles. The maximum atomic E-state index is 11.8. The van der Waals surface area contributed by atoms with Gasteiger partial charge in [-0.25, -0.2) is 0 Å². The van der Waals surface area contributed by atoms with Gasteiger partial charge in [0.2, 0.25) is 5.75 Å². The first kappa shape index (κ1) is 19.3. The van der Waals surface area contributed by atoms with Gasteiger partial charge in [0.05, 0.1) is 14.2 Å². The fraction of sp³-hybridized carbons (Fsp3) is 0.174. The van der Waals surface area contributed by atoms with Crippen LogP contribution >= 0.6 is 0 Å². The second kappa shape index (κ2) is 9.46. The van der Waals surface area contributed by atoms with Crippen molar-refractivity contribution in [3.63, 3.8) is 0 Å². The highest BCUT2D eigenvalue weighted by atomic mass is 16.5.